The summed E-state index contributed by atoms with van der Waals surface area (Å²) in [7, 11) is 0. The van der Waals surface area contributed by atoms with Crippen molar-refractivity contribution < 1.29 is 9.53 Å². The molecule has 0 saturated carbocycles. The van der Waals surface area contributed by atoms with Crippen molar-refractivity contribution in [3.05, 3.63) is 35.4 Å². The molecular weight excluding hydrogens is 300 g/mol. The van der Waals surface area contributed by atoms with Gasteiger partial charge in [-0.3, -0.25) is 9.69 Å². The lowest BCUT2D eigenvalue weighted by atomic mass is 9.87. The highest BCUT2D eigenvalue weighted by Crippen LogP contribution is 2.35. The lowest BCUT2D eigenvalue weighted by Gasteiger charge is -2.32. The molecule has 2 saturated heterocycles. The van der Waals surface area contributed by atoms with E-state index >= 15 is 0 Å². The Bertz CT molecular complexity index is 587. The van der Waals surface area contributed by atoms with E-state index in [2.05, 4.69) is 49.9 Å². The van der Waals surface area contributed by atoms with Gasteiger partial charge >= 0.3 is 0 Å². The van der Waals surface area contributed by atoms with E-state index in [9.17, 15) is 4.79 Å². The molecule has 0 radical (unpaired) electrons. The van der Waals surface area contributed by atoms with E-state index in [1.807, 2.05) is 4.90 Å². The lowest BCUT2D eigenvalue weighted by Crippen LogP contribution is -2.41. The van der Waals surface area contributed by atoms with Crippen molar-refractivity contribution in [2.24, 2.45) is 11.3 Å². The number of rotatable bonds is 4. The molecule has 2 aliphatic heterocycles. The maximum absolute atomic E-state index is 12.5. The van der Waals surface area contributed by atoms with E-state index in [-0.39, 0.29) is 5.41 Å². The average Bonchev–Trinajstić information content (AvgIpc) is 2.68. The van der Waals surface area contributed by atoms with Gasteiger partial charge in [0.1, 0.15) is 0 Å². The van der Waals surface area contributed by atoms with Crippen LogP contribution >= 0.6 is 0 Å². The van der Waals surface area contributed by atoms with Crippen molar-refractivity contribution in [1.29, 1.82) is 0 Å². The molecule has 132 valence electrons. The van der Waals surface area contributed by atoms with Gasteiger partial charge in [-0.25, -0.2) is 0 Å². The van der Waals surface area contributed by atoms with E-state index in [1.165, 1.54) is 11.1 Å². The smallest absolute Gasteiger partial charge is 0.223 e. The fourth-order valence-electron chi connectivity index (χ4n) is 4.04. The number of ether oxygens (including phenoxy) is 1. The van der Waals surface area contributed by atoms with Gasteiger partial charge in [0.25, 0.3) is 0 Å². The molecule has 2 heterocycles. The van der Waals surface area contributed by atoms with Gasteiger partial charge in [0.15, 0.2) is 0 Å². The number of hydrogen-bond acceptors (Lipinski definition) is 3. The Labute approximate surface area is 145 Å². The minimum atomic E-state index is -0.0365. The number of nitrogens with zero attached hydrogens (tertiary/aromatic N) is 2. The van der Waals surface area contributed by atoms with Gasteiger partial charge in [0.05, 0.1) is 13.2 Å². The predicted octanol–water partition coefficient (Wildman–Crippen LogP) is 2.70. The Morgan fingerprint density at radius 1 is 1.25 bits per heavy atom. The summed E-state index contributed by atoms with van der Waals surface area (Å²) < 4.78 is 5.91. The van der Waals surface area contributed by atoms with E-state index < -0.39 is 0 Å². The molecule has 24 heavy (non-hydrogen) atoms. The molecule has 1 amide bonds. The highest BCUT2D eigenvalue weighted by atomic mass is 16.5. The van der Waals surface area contributed by atoms with Gasteiger partial charge in [-0.2, -0.15) is 0 Å². The molecule has 0 N–H and O–H groups in total. The van der Waals surface area contributed by atoms with Crippen molar-refractivity contribution in [2.75, 3.05) is 39.4 Å². The minimum absolute atomic E-state index is 0.0365. The molecule has 1 atom stereocenters. The number of amides is 1. The first-order valence-corrected chi connectivity index (χ1v) is 9.10. The van der Waals surface area contributed by atoms with Gasteiger partial charge in [-0.1, -0.05) is 38.1 Å². The number of aryl methyl sites for hydroxylation is 1. The monoisotopic (exact) mass is 330 g/mol. The van der Waals surface area contributed by atoms with Gasteiger partial charge in [0.2, 0.25) is 5.91 Å². The van der Waals surface area contributed by atoms with Crippen molar-refractivity contribution in [3.8, 4) is 0 Å². The fourth-order valence-corrected chi connectivity index (χ4v) is 4.04. The molecule has 1 unspecified atom stereocenters. The fraction of sp³-hybridized carbons (Fsp3) is 0.650. The number of hydrogen-bond donors (Lipinski definition) is 0. The van der Waals surface area contributed by atoms with Crippen LogP contribution in [0, 0.1) is 18.3 Å². The third-order valence-electron chi connectivity index (χ3n) is 5.17. The van der Waals surface area contributed by atoms with Crippen molar-refractivity contribution in [2.45, 2.75) is 33.7 Å². The van der Waals surface area contributed by atoms with E-state index in [1.54, 1.807) is 0 Å². The van der Waals surface area contributed by atoms with Crippen LogP contribution in [0.3, 0.4) is 0 Å². The summed E-state index contributed by atoms with van der Waals surface area (Å²) in [6, 6.07) is 8.57. The van der Waals surface area contributed by atoms with Crippen molar-refractivity contribution in [3.63, 3.8) is 0 Å². The topological polar surface area (TPSA) is 32.8 Å². The van der Waals surface area contributed by atoms with Crippen molar-refractivity contribution >= 4 is 5.91 Å². The molecule has 3 rings (SSSR count). The number of carbonyl (C=O) groups is 1. The predicted molar refractivity (Wildman–Crippen MR) is 95.7 cm³/mol. The number of carbonyl (C=O) groups excluding carboxylic acids is 1. The summed E-state index contributed by atoms with van der Waals surface area (Å²) in [6.07, 6.45) is 0.629. The number of benzene rings is 1. The first-order valence-electron chi connectivity index (χ1n) is 9.10. The normalized spacial score (nSPS) is 25.7. The van der Waals surface area contributed by atoms with E-state index in [0.29, 0.717) is 24.9 Å². The van der Waals surface area contributed by atoms with Crippen LogP contribution in [0.25, 0.3) is 0 Å². The molecule has 1 spiro atoms. The minimum Gasteiger partial charge on any atom is -0.379 e. The molecule has 2 aliphatic rings. The Morgan fingerprint density at radius 3 is 2.79 bits per heavy atom. The van der Waals surface area contributed by atoms with E-state index in [4.69, 9.17) is 4.74 Å². The summed E-state index contributed by atoms with van der Waals surface area (Å²) in [6.45, 7) is 12.5. The van der Waals surface area contributed by atoms with Crippen LogP contribution in [0.4, 0.5) is 0 Å². The molecule has 4 heteroatoms. The first-order chi connectivity index (χ1) is 11.5. The zero-order chi connectivity index (χ0) is 17.2. The maximum Gasteiger partial charge on any atom is 0.223 e. The second kappa shape index (κ2) is 7.24. The zero-order valence-electron chi connectivity index (χ0n) is 15.3. The summed E-state index contributed by atoms with van der Waals surface area (Å²) in [4.78, 5) is 17.0. The summed E-state index contributed by atoms with van der Waals surface area (Å²) >= 11 is 0. The summed E-state index contributed by atoms with van der Waals surface area (Å²) in [5.41, 5.74) is 2.67. The van der Waals surface area contributed by atoms with Gasteiger partial charge < -0.3 is 9.64 Å². The molecule has 0 bridgehead atoms. The quantitative estimate of drug-likeness (QED) is 0.851. The number of likely N-dealkylation sites (tertiary alicyclic amines) is 1. The summed E-state index contributed by atoms with van der Waals surface area (Å²) in [5.74, 6) is 0.809. The highest BCUT2D eigenvalue weighted by molar-refractivity contribution is 5.79. The molecule has 1 aromatic carbocycles. The molecule has 2 fully saturated rings. The first kappa shape index (κ1) is 17.4. The maximum atomic E-state index is 12.5. The average molecular weight is 330 g/mol. The molecule has 4 nitrogen and oxygen atoms in total. The van der Waals surface area contributed by atoms with Crippen LogP contribution in [-0.2, 0) is 16.1 Å². The van der Waals surface area contributed by atoms with Gasteiger partial charge in [-0.15, -0.1) is 0 Å². The molecular formula is C20H30N2O2. The van der Waals surface area contributed by atoms with Gasteiger partial charge in [-0.05, 0) is 24.0 Å². The van der Waals surface area contributed by atoms with E-state index in [0.717, 1.165) is 39.3 Å². The van der Waals surface area contributed by atoms with Crippen LogP contribution in [-0.4, -0.2) is 55.1 Å². The van der Waals surface area contributed by atoms with Crippen LogP contribution < -0.4 is 0 Å². The lowest BCUT2D eigenvalue weighted by molar-refractivity contribution is -0.128. The molecule has 1 aromatic rings. The van der Waals surface area contributed by atoms with Crippen molar-refractivity contribution in [1.82, 2.24) is 9.80 Å². The van der Waals surface area contributed by atoms with Crippen LogP contribution in [0.5, 0.6) is 0 Å². The highest BCUT2D eigenvalue weighted by Gasteiger charge is 2.45. The van der Waals surface area contributed by atoms with Crippen LogP contribution in [0.2, 0.25) is 0 Å². The zero-order valence-corrected chi connectivity index (χ0v) is 15.3. The van der Waals surface area contributed by atoms with Crippen LogP contribution in [0.15, 0.2) is 24.3 Å². The third-order valence-corrected chi connectivity index (χ3v) is 5.17. The summed E-state index contributed by atoms with van der Waals surface area (Å²) in [5, 5.41) is 0. The second-order valence-electron chi connectivity index (χ2n) is 8.03. The molecule has 0 aromatic heterocycles. The third kappa shape index (κ3) is 3.98. The Kier molecular flexibility index (Phi) is 5.26. The van der Waals surface area contributed by atoms with Gasteiger partial charge in [0, 0.05) is 44.6 Å². The Hall–Kier alpha value is -1.39. The Morgan fingerprint density at radius 2 is 2.04 bits per heavy atom. The Balaban J connectivity index is 1.71. The largest absolute Gasteiger partial charge is 0.379 e. The molecule has 0 aliphatic carbocycles. The standard InChI is InChI=1S/C20H30N2O2/c1-16(2)11-22-14-20(10-19(22)23)13-21(8-9-24-15-20)12-18-7-5-4-6-17(18)3/h4-7,16H,8-15H2,1-3H3. The SMILES string of the molecule is Cc1ccccc1CN1CCOCC2(CC(=O)N(CC(C)C)C2)C1. The van der Waals surface area contributed by atoms with Crippen LogP contribution in [0.1, 0.15) is 31.4 Å². The second-order valence-corrected chi connectivity index (χ2v) is 8.03.